The molecule has 0 saturated carbocycles. The zero-order valence-electron chi connectivity index (χ0n) is 13.6. The molecule has 0 saturated heterocycles. The molecule has 2 rings (SSSR count). The Kier molecular flexibility index (Phi) is 5.86. The number of anilines is 1. The first kappa shape index (κ1) is 16.7. The SMILES string of the molecule is COc1cc(NC(=O)CCOc2cccc(C)c2)cc(OC)c1. The van der Waals surface area contributed by atoms with E-state index < -0.39 is 0 Å². The molecule has 1 amide bonds. The van der Waals surface area contributed by atoms with Gasteiger partial charge in [-0.25, -0.2) is 0 Å². The van der Waals surface area contributed by atoms with E-state index in [0.29, 0.717) is 23.8 Å². The summed E-state index contributed by atoms with van der Waals surface area (Å²) in [5, 5.41) is 2.81. The van der Waals surface area contributed by atoms with Gasteiger partial charge >= 0.3 is 0 Å². The molecule has 0 aliphatic carbocycles. The molecule has 0 radical (unpaired) electrons. The van der Waals surface area contributed by atoms with E-state index in [4.69, 9.17) is 14.2 Å². The lowest BCUT2D eigenvalue weighted by molar-refractivity contribution is -0.116. The van der Waals surface area contributed by atoms with E-state index in [9.17, 15) is 4.79 Å². The van der Waals surface area contributed by atoms with Crippen molar-refractivity contribution in [2.24, 2.45) is 0 Å². The van der Waals surface area contributed by atoms with Gasteiger partial charge in [0.2, 0.25) is 5.91 Å². The van der Waals surface area contributed by atoms with Crippen molar-refractivity contribution in [3.63, 3.8) is 0 Å². The molecule has 23 heavy (non-hydrogen) atoms. The molecule has 2 aromatic carbocycles. The highest BCUT2D eigenvalue weighted by Crippen LogP contribution is 2.25. The Balaban J connectivity index is 1.87. The molecule has 0 aromatic heterocycles. The maximum atomic E-state index is 12.0. The average molecular weight is 315 g/mol. The van der Waals surface area contributed by atoms with E-state index in [-0.39, 0.29) is 12.3 Å². The topological polar surface area (TPSA) is 56.8 Å². The fourth-order valence-corrected chi connectivity index (χ4v) is 2.07. The lowest BCUT2D eigenvalue weighted by Crippen LogP contribution is -2.15. The van der Waals surface area contributed by atoms with E-state index >= 15 is 0 Å². The zero-order chi connectivity index (χ0) is 16.7. The number of amides is 1. The van der Waals surface area contributed by atoms with Crippen LogP contribution in [0.3, 0.4) is 0 Å². The Morgan fingerprint density at radius 3 is 2.30 bits per heavy atom. The van der Waals surface area contributed by atoms with Gasteiger partial charge in [0.25, 0.3) is 0 Å². The minimum absolute atomic E-state index is 0.132. The van der Waals surface area contributed by atoms with Crippen LogP contribution < -0.4 is 19.5 Å². The molecule has 2 aromatic rings. The summed E-state index contributed by atoms with van der Waals surface area (Å²) in [6.07, 6.45) is 0.257. The van der Waals surface area contributed by atoms with Crippen LogP contribution in [0.1, 0.15) is 12.0 Å². The summed E-state index contributed by atoms with van der Waals surface area (Å²) in [6, 6.07) is 13.0. The number of hydrogen-bond acceptors (Lipinski definition) is 4. The highest BCUT2D eigenvalue weighted by atomic mass is 16.5. The van der Waals surface area contributed by atoms with E-state index in [1.165, 1.54) is 0 Å². The smallest absolute Gasteiger partial charge is 0.227 e. The molecule has 0 atom stereocenters. The van der Waals surface area contributed by atoms with E-state index in [1.807, 2.05) is 31.2 Å². The van der Waals surface area contributed by atoms with Gasteiger partial charge in [-0.1, -0.05) is 12.1 Å². The van der Waals surface area contributed by atoms with Crippen molar-refractivity contribution in [3.05, 3.63) is 48.0 Å². The fourth-order valence-electron chi connectivity index (χ4n) is 2.07. The molecule has 0 heterocycles. The van der Waals surface area contributed by atoms with Gasteiger partial charge in [-0.3, -0.25) is 4.79 Å². The van der Waals surface area contributed by atoms with Crippen LogP contribution in [0.25, 0.3) is 0 Å². The van der Waals surface area contributed by atoms with Crippen molar-refractivity contribution in [1.82, 2.24) is 0 Å². The van der Waals surface area contributed by atoms with Crippen LogP contribution >= 0.6 is 0 Å². The van der Waals surface area contributed by atoms with Gasteiger partial charge in [0.05, 0.1) is 27.2 Å². The van der Waals surface area contributed by atoms with Crippen LogP contribution in [0.5, 0.6) is 17.2 Å². The highest BCUT2D eigenvalue weighted by molar-refractivity contribution is 5.91. The molecule has 122 valence electrons. The molecular weight excluding hydrogens is 294 g/mol. The van der Waals surface area contributed by atoms with Crippen molar-refractivity contribution >= 4 is 11.6 Å². The van der Waals surface area contributed by atoms with Crippen LogP contribution in [0.4, 0.5) is 5.69 Å². The summed E-state index contributed by atoms with van der Waals surface area (Å²) < 4.78 is 15.9. The van der Waals surface area contributed by atoms with Crippen LogP contribution in [-0.4, -0.2) is 26.7 Å². The zero-order valence-corrected chi connectivity index (χ0v) is 13.6. The minimum atomic E-state index is -0.132. The van der Waals surface area contributed by atoms with Crippen LogP contribution in [-0.2, 0) is 4.79 Å². The van der Waals surface area contributed by atoms with Crippen LogP contribution in [0.15, 0.2) is 42.5 Å². The number of hydrogen-bond donors (Lipinski definition) is 1. The number of nitrogens with one attached hydrogen (secondary N) is 1. The molecule has 0 unspecified atom stereocenters. The predicted octanol–water partition coefficient (Wildman–Crippen LogP) is 3.42. The lowest BCUT2D eigenvalue weighted by atomic mass is 10.2. The summed E-state index contributed by atoms with van der Waals surface area (Å²) in [6.45, 7) is 2.31. The summed E-state index contributed by atoms with van der Waals surface area (Å²) >= 11 is 0. The van der Waals surface area contributed by atoms with Crippen LogP contribution in [0.2, 0.25) is 0 Å². The Morgan fingerprint density at radius 2 is 1.70 bits per heavy atom. The largest absolute Gasteiger partial charge is 0.497 e. The van der Waals surface area contributed by atoms with Crippen LogP contribution in [0, 0.1) is 6.92 Å². The second-order valence-corrected chi connectivity index (χ2v) is 5.06. The third kappa shape index (κ3) is 5.21. The molecule has 0 fully saturated rings. The molecule has 5 heteroatoms. The Bertz CT molecular complexity index is 648. The lowest BCUT2D eigenvalue weighted by Gasteiger charge is -2.10. The molecular formula is C18H21NO4. The number of benzene rings is 2. The molecule has 1 N–H and O–H groups in total. The first-order valence-corrected chi connectivity index (χ1v) is 7.33. The first-order chi connectivity index (χ1) is 11.1. The van der Waals surface area contributed by atoms with Crippen molar-refractivity contribution in [2.45, 2.75) is 13.3 Å². The second kappa shape index (κ2) is 8.08. The van der Waals surface area contributed by atoms with Gasteiger partial charge < -0.3 is 19.5 Å². The average Bonchev–Trinajstić information content (AvgIpc) is 2.54. The first-order valence-electron chi connectivity index (χ1n) is 7.33. The Hall–Kier alpha value is -2.69. The summed E-state index contributed by atoms with van der Waals surface area (Å²) in [7, 11) is 3.13. The van der Waals surface area contributed by atoms with Gasteiger partial charge in [0.1, 0.15) is 17.2 Å². The third-order valence-corrected chi connectivity index (χ3v) is 3.22. The predicted molar refractivity (Wildman–Crippen MR) is 89.5 cm³/mol. The molecule has 0 bridgehead atoms. The van der Waals surface area contributed by atoms with Crippen molar-refractivity contribution in [3.8, 4) is 17.2 Å². The molecule has 5 nitrogen and oxygen atoms in total. The highest BCUT2D eigenvalue weighted by Gasteiger charge is 2.07. The third-order valence-electron chi connectivity index (χ3n) is 3.22. The number of ether oxygens (including phenoxy) is 3. The van der Waals surface area contributed by atoms with Crippen molar-refractivity contribution < 1.29 is 19.0 Å². The monoisotopic (exact) mass is 315 g/mol. The van der Waals surface area contributed by atoms with Crippen molar-refractivity contribution in [1.29, 1.82) is 0 Å². The number of aryl methyl sites for hydroxylation is 1. The van der Waals surface area contributed by atoms with E-state index in [0.717, 1.165) is 11.3 Å². The standard InChI is InChI=1S/C18H21NO4/c1-13-5-4-6-15(9-13)23-8-7-18(20)19-14-10-16(21-2)12-17(11-14)22-3/h4-6,9-12H,7-8H2,1-3H3,(H,19,20). The summed E-state index contributed by atoms with van der Waals surface area (Å²) in [5.74, 6) is 1.88. The van der Waals surface area contributed by atoms with Gasteiger partial charge in [-0.2, -0.15) is 0 Å². The Labute approximate surface area is 136 Å². The number of rotatable bonds is 7. The number of carbonyl (C=O) groups excluding carboxylic acids is 1. The van der Waals surface area contributed by atoms with Crippen molar-refractivity contribution in [2.75, 3.05) is 26.1 Å². The summed E-state index contributed by atoms with van der Waals surface area (Å²) in [4.78, 5) is 12.0. The molecule has 0 spiro atoms. The Morgan fingerprint density at radius 1 is 1.00 bits per heavy atom. The van der Waals surface area contributed by atoms with Gasteiger partial charge in [0, 0.05) is 23.9 Å². The maximum Gasteiger partial charge on any atom is 0.227 e. The van der Waals surface area contributed by atoms with Gasteiger partial charge in [-0.15, -0.1) is 0 Å². The fraction of sp³-hybridized carbons (Fsp3) is 0.278. The van der Waals surface area contributed by atoms with Gasteiger partial charge in [0.15, 0.2) is 0 Å². The minimum Gasteiger partial charge on any atom is -0.497 e. The molecule has 0 aliphatic rings. The van der Waals surface area contributed by atoms with E-state index in [1.54, 1.807) is 32.4 Å². The second-order valence-electron chi connectivity index (χ2n) is 5.06. The normalized spacial score (nSPS) is 10.0. The van der Waals surface area contributed by atoms with E-state index in [2.05, 4.69) is 5.32 Å². The number of methoxy groups -OCH3 is 2. The summed E-state index contributed by atoms with van der Waals surface area (Å²) in [5.41, 5.74) is 1.75. The molecule has 0 aliphatic heterocycles. The quantitative estimate of drug-likeness (QED) is 0.850. The number of carbonyl (C=O) groups is 1. The van der Waals surface area contributed by atoms with Gasteiger partial charge in [-0.05, 0) is 24.6 Å². The maximum absolute atomic E-state index is 12.0.